The Hall–Kier alpha value is -0.0461. The average Bonchev–Trinajstić information content (AvgIpc) is 2.07. The maximum Gasteiger partial charge on any atom is 0.0339 e. The second kappa shape index (κ2) is 7.60. The van der Waals surface area contributed by atoms with Crippen molar-refractivity contribution in [2.45, 2.75) is 0 Å². The zero-order valence-electron chi connectivity index (χ0n) is 6.95. The van der Waals surface area contributed by atoms with Crippen LogP contribution in [-0.2, 0) is 37.4 Å². The van der Waals surface area contributed by atoms with Crippen molar-refractivity contribution < 1.29 is 37.4 Å². The number of aliphatic imine (C=N–C) groups is 1. The van der Waals surface area contributed by atoms with Crippen molar-refractivity contribution in [1.82, 2.24) is 0 Å². The molecule has 3 heteroatoms. The van der Waals surface area contributed by atoms with E-state index in [0.29, 0.717) is 6.61 Å². The van der Waals surface area contributed by atoms with Crippen LogP contribution in [0.25, 0.3) is 0 Å². The molecule has 0 saturated carbocycles. The van der Waals surface area contributed by atoms with Gasteiger partial charge in [0.2, 0.25) is 0 Å². The van der Waals surface area contributed by atoms with Gasteiger partial charge in [0.05, 0.1) is 0 Å². The van der Waals surface area contributed by atoms with E-state index in [9.17, 15) is 0 Å². The molecule has 0 spiro atoms. The molecule has 0 N–H and O–H groups in total. The van der Waals surface area contributed by atoms with Crippen LogP contribution in [0.5, 0.6) is 0 Å². The summed E-state index contributed by atoms with van der Waals surface area (Å²) in [6.45, 7) is 0.419. The third-order valence-electron chi connectivity index (χ3n) is 1.10. The first-order valence-corrected chi connectivity index (χ1v) is 3.33. The van der Waals surface area contributed by atoms with Gasteiger partial charge in [-0.15, -0.1) is 6.21 Å². The topological polar surface area (TPSA) is 21.6 Å². The molecular formula is C9H9NOY-2. The van der Waals surface area contributed by atoms with Crippen molar-refractivity contribution in [2.24, 2.45) is 4.99 Å². The van der Waals surface area contributed by atoms with Crippen LogP contribution in [0.4, 0.5) is 5.69 Å². The first-order chi connectivity index (χ1) is 5.43. The van der Waals surface area contributed by atoms with Crippen molar-refractivity contribution in [2.75, 3.05) is 13.7 Å². The molecule has 0 unspecified atom stereocenters. The Balaban J connectivity index is 0.00000121. The molecule has 0 heterocycles. The minimum atomic E-state index is 0. The monoisotopic (exact) mass is 236 g/mol. The first kappa shape index (κ1) is 12.0. The number of hydrogen-bond donors (Lipinski definition) is 0. The van der Waals surface area contributed by atoms with E-state index in [4.69, 9.17) is 4.74 Å². The van der Waals surface area contributed by atoms with E-state index in [1.54, 1.807) is 7.11 Å². The van der Waals surface area contributed by atoms with Crippen molar-refractivity contribution >= 4 is 11.9 Å². The van der Waals surface area contributed by atoms with Crippen molar-refractivity contribution in [3.8, 4) is 0 Å². The van der Waals surface area contributed by atoms with Crippen LogP contribution in [0, 0.1) is 6.07 Å². The summed E-state index contributed by atoms with van der Waals surface area (Å²) >= 11 is 0. The fraction of sp³-hybridized carbons (Fsp3) is 0.222. The summed E-state index contributed by atoms with van der Waals surface area (Å²) in [5, 5.41) is 0. The number of benzene rings is 1. The third kappa shape index (κ3) is 4.76. The van der Waals surface area contributed by atoms with Crippen LogP contribution in [0.15, 0.2) is 29.3 Å². The van der Waals surface area contributed by atoms with Crippen LogP contribution in [-0.4, -0.2) is 19.9 Å². The normalized spacial score (nSPS) is 9.75. The fourth-order valence-electron chi connectivity index (χ4n) is 0.635. The predicted molar refractivity (Wildman–Crippen MR) is 44.2 cm³/mol. The van der Waals surface area contributed by atoms with E-state index in [1.807, 2.05) is 24.3 Å². The van der Waals surface area contributed by atoms with Gasteiger partial charge in [-0.2, -0.15) is 18.2 Å². The second-order valence-corrected chi connectivity index (χ2v) is 1.95. The molecule has 0 amide bonds. The Bertz CT molecular complexity index is 223. The first-order valence-electron chi connectivity index (χ1n) is 3.33. The Morgan fingerprint density at radius 1 is 1.58 bits per heavy atom. The van der Waals surface area contributed by atoms with Crippen LogP contribution in [0.1, 0.15) is 0 Å². The van der Waals surface area contributed by atoms with Gasteiger partial charge in [-0.3, -0.25) is 6.07 Å². The van der Waals surface area contributed by atoms with Crippen molar-refractivity contribution in [1.29, 1.82) is 0 Å². The predicted octanol–water partition coefficient (Wildman–Crippen LogP) is 1.71. The Morgan fingerprint density at radius 2 is 2.42 bits per heavy atom. The SMILES string of the molecule is COC[C-]=Nc1[c-]cccc1.[Y]. The number of ether oxygens (including phenoxy) is 1. The molecule has 61 valence electrons. The van der Waals surface area contributed by atoms with E-state index >= 15 is 0 Å². The summed E-state index contributed by atoms with van der Waals surface area (Å²) in [6, 6.07) is 10.4. The molecule has 0 bridgehead atoms. The maximum atomic E-state index is 4.74. The van der Waals surface area contributed by atoms with Gasteiger partial charge in [-0.25, -0.2) is 11.8 Å². The van der Waals surface area contributed by atoms with E-state index < -0.39 is 0 Å². The van der Waals surface area contributed by atoms with E-state index in [1.165, 1.54) is 0 Å². The van der Waals surface area contributed by atoms with Crippen LogP contribution < -0.4 is 0 Å². The standard InChI is InChI=1S/C9H9NO.Y/c1-11-8-7-10-9-5-3-2-4-6-9;/h2-5H,8H2,1H3;/q-2;. The van der Waals surface area contributed by atoms with Gasteiger partial charge in [0.15, 0.2) is 0 Å². The molecule has 0 aliphatic heterocycles. The quantitative estimate of drug-likeness (QED) is 0.578. The molecule has 2 nitrogen and oxygen atoms in total. The molecule has 12 heavy (non-hydrogen) atoms. The van der Waals surface area contributed by atoms with Crippen LogP contribution in [0.3, 0.4) is 0 Å². The molecule has 0 aliphatic carbocycles. The molecule has 0 fully saturated rings. The number of methoxy groups -OCH3 is 1. The molecule has 1 aromatic carbocycles. The molecule has 0 aliphatic rings. The smallest absolute Gasteiger partial charge is 0.0339 e. The minimum absolute atomic E-state index is 0. The average molecular weight is 236 g/mol. The summed E-state index contributed by atoms with van der Waals surface area (Å²) in [5.74, 6) is 0. The van der Waals surface area contributed by atoms with Gasteiger partial charge in [-0.1, -0.05) is 0 Å². The van der Waals surface area contributed by atoms with Crippen LogP contribution >= 0.6 is 0 Å². The summed E-state index contributed by atoms with van der Waals surface area (Å²) in [6.07, 6.45) is 2.72. The Morgan fingerprint density at radius 3 is 3.00 bits per heavy atom. The number of hydrogen-bond acceptors (Lipinski definition) is 2. The van der Waals surface area contributed by atoms with Gasteiger partial charge in [0.1, 0.15) is 0 Å². The fourth-order valence-corrected chi connectivity index (χ4v) is 0.635. The van der Waals surface area contributed by atoms with Gasteiger partial charge in [0, 0.05) is 46.4 Å². The summed E-state index contributed by atoms with van der Waals surface area (Å²) < 4.78 is 4.74. The minimum Gasteiger partial charge on any atom is -0.479 e. The number of nitrogens with zero attached hydrogens (tertiary/aromatic N) is 1. The van der Waals surface area contributed by atoms with E-state index in [2.05, 4.69) is 17.3 Å². The molecule has 0 aromatic heterocycles. The van der Waals surface area contributed by atoms with Gasteiger partial charge < -0.3 is 9.73 Å². The number of para-hydroxylation sites is 1. The van der Waals surface area contributed by atoms with Gasteiger partial charge in [0.25, 0.3) is 0 Å². The third-order valence-corrected chi connectivity index (χ3v) is 1.10. The summed E-state index contributed by atoms with van der Waals surface area (Å²) in [7, 11) is 1.61. The summed E-state index contributed by atoms with van der Waals surface area (Å²) in [5.41, 5.74) is 0.782. The molecule has 1 radical (unpaired) electrons. The molecule has 1 rings (SSSR count). The zero-order valence-corrected chi connectivity index (χ0v) is 9.79. The molecule has 1 aromatic rings. The van der Waals surface area contributed by atoms with Gasteiger partial charge in [-0.05, 0) is 0 Å². The summed E-state index contributed by atoms with van der Waals surface area (Å²) in [4.78, 5) is 3.97. The zero-order chi connectivity index (χ0) is 7.94. The largest absolute Gasteiger partial charge is 0.479 e. The molecule has 0 saturated heterocycles. The molecular weight excluding hydrogens is 227 g/mol. The maximum absolute atomic E-state index is 4.74. The van der Waals surface area contributed by atoms with Crippen LogP contribution in [0.2, 0.25) is 0 Å². The molecule has 0 atom stereocenters. The van der Waals surface area contributed by atoms with Crippen molar-refractivity contribution in [3.05, 3.63) is 30.3 Å². The number of rotatable bonds is 3. The van der Waals surface area contributed by atoms with Gasteiger partial charge >= 0.3 is 0 Å². The van der Waals surface area contributed by atoms with Crippen molar-refractivity contribution in [3.63, 3.8) is 0 Å². The van der Waals surface area contributed by atoms with E-state index in [-0.39, 0.29) is 32.7 Å². The Labute approximate surface area is 97.9 Å². The Kier molecular flexibility index (Phi) is 7.57. The second-order valence-electron chi connectivity index (χ2n) is 1.95. The van der Waals surface area contributed by atoms with E-state index in [0.717, 1.165) is 5.69 Å².